The number of pyridine rings is 1. The van der Waals surface area contributed by atoms with Gasteiger partial charge >= 0.3 is 0 Å². The second-order valence-corrected chi connectivity index (χ2v) is 6.63. The minimum Gasteiger partial charge on any atom is -0.497 e. The molecule has 5 nitrogen and oxygen atoms in total. The first-order valence-electron chi connectivity index (χ1n) is 9.30. The van der Waals surface area contributed by atoms with Crippen molar-refractivity contribution in [2.24, 2.45) is 0 Å². The van der Waals surface area contributed by atoms with Crippen molar-refractivity contribution in [3.63, 3.8) is 0 Å². The van der Waals surface area contributed by atoms with Gasteiger partial charge in [-0.1, -0.05) is 42.0 Å². The highest BCUT2D eigenvalue weighted by molar-refractivity contribution is 5.94. The normalized spacial score (nSPS) is 10.4. The number of nitrogens with one attached hydrogen (secondary N) is 2. The van der Waals surface area contributed by atoms with Crippen molar-refractivity contribution in [2.45, 2.75) is 19.9 Å². The average molecular weight is 375 g/mol. The first-order chi connectivity index (χ1) is 13.6. The second kappa shape index (κ2) is 9.55. The van der Waals surface area contributed by atoms with Crippen LogP contribution in [0.4, 0.5) is 5.82 Å². The fourth-order valence-electron chi connectivity index (χ4n) is 2.82. The van der Waals surface area contributed by atoms with Crippen molar-refractivity contribution in [3.8, 4) is 5.75 Å². The SMILES string of the molecule is COc1cccc(CCNc2cc(C(=O)NCc3ccc(C)cc3)ccn2)c1. The summed E-state index contributed by atoms with van der Waals surface area (Å²) in [5, 5.41) is 6.22. The lowest BCUT2D eigenvalue weighted by atomic mass is 10.1. The lowest BCUT2D eigenvalue weighted by Crippen LogP contribution is -2.23. The summed E-state index contributed by atoms with van der Waals surface area (Å²) in [6, 6.07) is 19.6. The van der Waals surface area contributed by atoms with E-state index in [9.17, 15) is 4.79 Å². The molecule has 1 amide bonds. The van der Waals surface area contributed by atoms with Crippen LogP contribution in [0.25, 0.3) is 0 Å². The van der Waals surface area contributed by atoms with Gasteiger partial charge in [-0.15, -0.1) is 0 Å². The Bertz CT molecular complexity index is 923. The number of ether oxygens (including phenoxy) is 1. The summed E-state index contributed by atoms with van der Waals surface area (Å²) in [5.74, 6) is 1.42. The Morgan fingerprint density at radius 3 is 2.64 bits per heavy atom. The molecular weight excluding hydrogens is 350 g/mol. The van der Waals surface area contributed by atoms with E-state index < -0.39 is 0 Å². The quantitative estimate of drug-likeness (QED) is 0.625. The van der Waals surface area contributed by atoms with Gasteiger partial charge < -0.3 is 15.4 Å². The van der Waals surface area contributed by atoms with E-state index in [0.29, 0.717) is 24.5 Å². The Morgan fingerprint density at radius 1 is 1.04 bits per heavy atom. The predicted octanol–water partition coefficient (Wildman–Crippen LogP) is 3.98. The molecule has 2 aromatic carbocycles. The number of amides is 1. The number of aryl methyl sites for hydroxylation is 1. The van der Waals surface area contributed by atoms with Crippen LogP contribution in [0.3, 0.4) is 0 Å². The number of aromatic nitrogens is 1. The Kier molecular flexibility index (Phi) is 6.63. The van der Waals surface area contributed by atoms with Gasteiger partial charge in [-0.3, -0.25) is 4.79 Å². The van der Waals surface area contributed by atoms with E-state index in [1.165, 1.54) is 11.1 Å². The van der Waals surface area contributed by atoms with E-state index in [1.807, 2.05) is 49.4 Å². The standard InChI is InChI=1S/C23H25N3O2/c1-17-6-8-19(9-7-17)16-26-23(27)20-11-13-25-22(15-20)24-12-10-18-4-3-5-21(14-18)28-2/h3-9,11,13-15H,10,12,16H2,1-2H3,(H,24,25)(H,26,27). The summed E-state index contributed by atoms with van der Waals surface area (Å²) in [6.07, 6.45) is 2.48. The van der Waals surface area contributed by atoms with Crippen LogP contribution in [0.1, 0.15) is 27.0 Å². The molecule has 0 saturated carbocycles. The van der Waals surface area contributed by atoms with E-state index >= 15 is 0 Å². The monoisotopic (exact) mass is 375 g/mol. The molecule has 0 radical (unpaired) electrons. The highest BCUT2D eigenvalue weighted by Crippen LogP contribution is 2.13. The van der Waals surface area contributed by atoms with Crippen molar-refractivity contribution in [1.29, 1.82) is 0 Å². The largest absolute Gasteiger partial charge is 0.497 e. The van der Waals surface area contributed by atoms with Gasteiger partial charge in [0.25, 0.3) is 5.91 Å². The predicted molar refractivity (Wildman–Crippen MR) is 112 cm³/mol. The number of carbonyl (C=O) groups is 1. The van der Waals surface area contributed by atoms with E-state index in [4.69, 9.17) is 4.74 Å². The van der Waals surface area contributed by atoms with Gasteiger partial charge in [0.05, 0.1) is 7.11 Å². The van der Waals surface area contributed by atoms with Gasteiger partial charge in [0.15, 0.2) is 0 Å². The molecule has 0 aliphatic heterocycles. The maximum Gasteiger partial charge on any atom is 0.251 e. The molecule has 28 heavy (non-hydrogen) atoms. The molecule has 0 unspecified atom stereocenters. The molecule has 1 aromatic heterocycles. The van der Waals surface area contributed by atoms with Gasteiger partial charge in [0.1, 0.15) is 11.6 Å². The van der Waals surface area contributed by atoms with Crippen LogP contribution < -0.4 is 15.4 Å². The van der Waals surface area contributed by atoms with Gasteiger partial charge in [0, 0.05) is 24.8 Å². The molecule has 3 rings (SSSR count). The fourth-order valence-corrected chi connectivity index (χ4v) is 2.82. The third-order valence-corrected chi connectivity index (χ3v) is 4.45. The second-order valence-electron chi connectivity index (χ2n) is 6.63. The van der Waals surface area contributed by atoms with Crippen LogP contribution in [0.2, 0.25) is 0 Å². The zero-order valence-electron chi connectivity index (χ0n) is 16.2. The van der Waals surface area contributed by atoms with Crippen LogP contribution >= 0.6 is 0 Å². The van der Waals surface area contributed by atoms with Crippen LogP contribution in [0.15, 0.2) is 66.9 Å². The number of nitrogens with zero attached hydrogens (tertiary/aromatic N) is 1. The Hall–Kier alpha value is -3.34. The lowest BCUT2D eigenvalue weighted by Gasteiger charge is -2.09. The minimum absolute atomic E-state index is 0.112. The van der Waals surface area contributed by atoms with Crippen molar-refractivity contribution >= 4 is 11.7 Å². The molecule has 0 aliphatic carbocycles. The molecule has 5 heteroatoms. The van der Waals surface area contributed by atoms with Gasteiger partial charge in [-0.05, 0) is 48.7 Å². The van der Waals surface area contributed by atoms with E-state index in [-0.39, 0.29) is 5.91 Å². The zero-order valence-corrected chi connectivity index (χ0v) is 16.2. The molecule has 2 N–H and O–H groups in total. The first-order valence-corrected chi connectivity index (χ1v) is 9.30. The van der Waals surface area contributed by atoms with E-state index in [2.05, 4.69) is 21.7 Å². The summed E-state index contributed by atoms with van der Waals surface area (Å²) in [7, 11) is 1.66. The van der Waals surface area contributed by atoms with Crippen LogP contribution in [0, 0.1) is 6.92 Å². The van der Waals surface area contributed by atoms with Gasteiger partial charge in [-0.2, -0.15) is 0 Å². The molecule has 3 aromatic rings. The molecule has 0 saturated heterocycles. The Balaban J connectivity index is 1.52. The fraction of sp³-hybridized carbons (Fsp3) is 0.217. The third kappa shape index (κ3) is 5.58. The van der Waals surface area contributed by atoms with Crippen LogP contribution in [0.5, 0.6) is 5.75 Å². The number of methoxy groups -OCH3 is 1. The van der Waals surface area contributed by atoms with Crippen LogP contribution in [-0.2, 0) is 13.0 Å². The van der Waals surface area contributed by atoms with Gasteiger partial charge in [0.2, 0.25) is 0 Å². The molecular formula is C23H25N3O2. The summed E-state index contributed by atoms with van der Waals surface area (Å²) >= 11 is 0. The number of benzene rings is 2. The number of hydrogen-bond donors (Lipinski definition) is 2. The maximum absolute atomic E-state index is 12.4. The summed E-state index contributed by atoms with van der Waals surface area (Å²) in [4.78, 5) is 16.7. The molecule has 1 heterocycles. The minimum atomic E-state index is -0.112. The topological polar surface area (TPSA) is 63.2 Å². The van der Waals surface area contributed by atoms with E-state index in [1.54, 1.807) is 25.4 Å². The summed E-state index contributed by atoms with van der Waals surface area (Å²) in [6.45, 7) is 3.26. The van der Waals surface area contributed by atoms with E-state index in [0.717, 1.165) is 17.7 Å². The van der Waals surface area contributed by atoms with Crippen molar-refractivity contribution in [3.05, 3.63) is 89.1 Å². The Morgan fingerprint density at radius 2 is 1.86 bits per heavy atom. The molecule has 0 spiro atoms. The molecule has 0 atom stereocenters. The van der Waals surface area contributed by atoms with Crippen molar-refractivity contribution in [1.82, 2.24) is 10.3 Å². The summed E-state index contributed by atoms with van der Waals surface area (Å²) < 4.78 is 5.25. The highest BCUT2D eigenvalue weighted by atomic mass is 16.5. The first kappa shape index (κ1) is 19.4. The smallest absolute Gasteiger partial charge is 0.251 e. The zero-order chi connectivity index (χ0) is 19.8. The molecule has 0 fully saturated rings. The summed E-state index contributed by atoms with van der Waals surface area (Å²) in [5.41, 5.74) is 4.04. The molecule has 0 bridgehead atoms. The van der Waals surface area contributed by atoms with Crippen molar-refractivity contribution < 1.29 is 9.53 Å². The number of carbonyl (C=O) groups excluding carboxylic acids is 1. The third-order valence-electron chi connectivity index (χ3n) is 4.45. The van der Waals surface area contributed by atoms with Crippen LogP contribution in [-0.4, -0.2) is 24.5 Å². The number of anilines is 1. The average Bonchev–Trinajstić information content (AvgIpc) is 2.73. The lowest BCUT2D eigenvalue weighted by molar-refractivity contribution is 0.0951. The Labute approximate surface area is 165 Å². The maximum atomic E-state index is 12.4. The van der Waals surface area contributed by atoms with Gasteiger partial charge in [-0.25, -0.2) is 4.98 Å². The molecule has 0 aliphatic rings. The highest BCUT2D eigenvalue weighted by Gasteiger charge is 2.07. The number of hydrogen-bond acceptors (Lipinski definition) is 4. The number of rotatable bonds is 8. The molecule has 144 valence electrons. The van der Waals surface area contributed by atoms with Crippen molar-refractivity contribution in [2.75, 3.05) is 19.0 Å².